The van der Waals surface area contributed by atoms with Crippen LogP contribution in [0.2, 0.25) is 5.02 Å². The number of anilines is 1. The number of nitrogens with zero attached hydrogens (tertiary/aromatic N) is 8. The summed E-state index contributed by atoms with van der Waals surface area (Å²) >= 11 is 6.54. The molecule has 4 heterocycles. The van der Waals surface area contributed by atoms with Gasteiger partial charge in [-0.3, -0.25) is 19.2 Å². The lowest BCUT2D eigenvalue weighted by Gasteiger charge is -2.54. The number of halogens is 1. The highest BCUT2D eigenvalue weighted by molar-refractivity contribution is 6.33. The van der Waals surface area contributed by atoms with Crippen molar-refractivity contribution in [3.8, 4) is 11.5 Å². The number of carbonyl (C=O) groups excluding carboxylic acids is 6. The van der Waals surface area contributed by atoms with E-state index in [1.807, 2.05) is 134 Å². The van der Waals surface area contributed by atoms with Crippen molar-refractivity contribution in [3.05, 3.63) is 208 Å². The van der Waals surface area contributed by atoms with Gasteiger partial charge in [0.15, 0.2) is 0 Å². The molecule has 7 aromatic carbocycles. The average molecular weight is 1140 g/mol. The van der Waals surface area contributed by atoms with Gasteiger partial charge < -0.3 is 50.2 Å². The maximum Gasteiger partial charge on any atom is 0.334 e. The molecule has 4 fully saturated rings. The van der Waals surface area contributed by atoms with Crippen LogP contribution in [0.5, 0.6) is 11.5 Å². The Hall–Kier alpha value is -9.13. The predicted molar refractivity (Wildman–Crippen MR) is 316 cm³/mol. The van der Waals surface area contributed by atoms with Gasteiger partial charge in [0.1, 0.15) is 35.9 Å². The molecule has 0 aliphatic carbocycles. The van der Waals surface area contributed by atoms with E-state index in [1.165, 1.54) is 0 Å². The molecule has 4 saturated heterocycles. The number of para-hydroxylation sites is 1. The molecule has 18 nitrogen and oxygen atoms in total. The lowest BCUT2D eigenvalue weighted by Crippen LogP contribution is -2.76. The van der Waals surface area contributed by atoms with Crippen LogP contribution in [0.25, 0.3) is 10.8 Å². The molecule has 4 N–H and O–H groups in total. The summed E-state index contributed by atoms with van der Waals surface area (Å²) in [5, 5.41) is 31.4. The fraction of sp³-hybridized carbons (Fsp3) is 0.281. The number of rotatable bonds is 13. The van der Waals surface area contributed by atoms with Gasteiger partial charge in [0.05, 0.1) is 30.3 Å². The molecule has 4 aliphatic heterocycles. The largest absolute Gasteiger partial charge is 0.508 e. The Bertz CT molecular complexity index is 3480. The van der Waals surface area contributed by atoms with Crippen molar-refractivity contribution >= 4 is 63.8 Å². The van der Waals surface area contributed by atoms with E-state index in [0.717, 1.165) is 49.8 Å². The van der Waals surface area contributed by atoms with Gasteiger partial charge in [-0.25, -0.2) is 19.6 Å². The number of hydrazine groups is 1. The second kappa shape index (κ2) is 25.3. The molecular formula is C64H67ClN10O8. The molecule has 0 radical (unpaired) electrons. The number of amides is 8. The first kappa shape index (κ1) is 57.1. The minimum atomic E-state index is -0.846. The van der Waals surface area contributed by atoms with E-state index in [2.05, 4.69) is 10.6 Å². The fourth-order valence-electron chi connectivity index (χ4n) is 11.7. The number of benzene rings is 7. The van der Waals surface area contributed by atoms with Crippen LogP contribution in [-0.4, -0.2) is 152 Å². The van der Waals surface area contributed by atoms with Gasteiger partial charge in [0.25, 0.3) is 0 Å². The van der Waals surface area contributed by atoms with Gasteiger partial charge in [-0.1, -0.05) is 151 Å². The van der Waals surface area contributed by atoms with Gasteiger partial charge in [0.2, 0.25) is 23.6 Å². The number of hydrogen-bond acceptors (Lipinski definition) is 10. The molecule has 428 valence electrons. The SMILES string of the molecule is CN(C)c1c(Cl)cccc1CN1C[C@H]2N(C(=O)CN(C)N2C(=O)NCc2ccccc2)[C@@H](Cc2ccc(O)cc2)C1=O.O=C1[C@H](Cc2ccc(O)cc2)N2C(=O)CCN(C(=O)NCc3ccccc3)[C@H]2CN1Cc1cccc2ccccc12. The number of piperazine rings is 2. The molecule has 4 aliphatic rings. The molecule has 0 unspecified atom stereocenters. The Morgan fingerprint density at radius 1 is 0.566 bits per heavy atom. The maximum atomic E-state index is 14.1. The van der Waals surface area contributed by atoms with Crippen LogP contribution in [0.15, 0.2) is 170 Å². The monoisotopic (exact) mass is 1140 g/mol. The van der Waals surface area contributed by atoms with Crippen molar-refractivity contribution in [1.29, 1.82) is 0 Å². The van der Waals surface area contributed by atoms with Crippen LogP contribution in [0.4, 0.5) is 15.3 Å². The van der Waals surface area contributed by atoms with Crippen LogP contribution in [-0.2, 0) is 58.2 Å². The molecule has 0 aromatic heterocycles. The number of urea groups is 2. The van der Waals surface area contributed by atoms with E-state index in [0.29, 0.717) is 24.7 Å². The van der Waals surface area contributed by atoms with Gasteiger partial charge >= 0.3 is 12.1 Å². The van der Waals surface area contributed by atoms with Crippen LogP contribution in [0, 0.1) is 0 Å². The molecule has 11 rings (SSSR count). The number of phenolic OH excluding ortho intramolecular Hbond substituents is 2. The summed E-state index contributed by atoms with van der Waals surface area (Å²) in [4.78, 5) is 92.5. The molecule has 0 spiro atoms. The van der Waals surface area contributed by atoms with Crippen molar-refractivity contribution in [1.82, 2.24) is 45.2 Å². The first-order valence-corrected chi connectivity index (χ1v) is 28.1. The zero-order chi connectivity index (χ0) is 58.3. The highest BCUT2D eigenvalue weighted by Gasteiger charge is 2.52. The minimum Gasteiger partial charge on any atom is -0.508 e. The lowest BCUT2D eigenvalue weighted by molar-refractivity contribution is -0.187. The van der Waals surface area contributed by atoms with E-state index in [-0.39, 0.29) is 99.2 Å². The van der Waals surface area contributed by atoms with Gasteiger partial charge in [0, 0.05) is 73.1 Å². The van der Waals surface area contributed by atoms with Gasteiger partial charge in [-0.15, -0.1) is 0 Å². The smallest absolute Gasteiger partial charge is 0.334 e. The van der Waals surface area contributed by atoms with Crippen molar-refractivity contribution in [2.24, 2.45) is 0 Å². The standard InChI is InChI=1S/C33H32N4O4.C31H35ClN6O4/c38-27-15-13-23(14-16-27)19-29-32(40)35(21-26-11-6-10-25-9-4-5-12-28(25)26)22-30-36(18-17-31(39)37(29)30)33(41)34-20-24-7-2-1-3-8-24;1-34(2)29-23(10-7-11-25(29)32)18-36-19-27-37(26(30(36)41)16-21-12-14-24(39)15-13-21)28(40)20-35(3)38(27)31(42)33-17-22-8-5-4-6-9-22/h1-16,29-30,38H,17-22H2,(H,34,41);4-15,26-27,39H,16-20H2,1-3H3,(H,33,42)/t29-,30+;26-,27-/m00/s1. The van der Waals surface area contributed by atoms with Crippen molar-refractivity contribution in [2.45, 2.75) is 69.9 Å². The van der Waals surface area contributed by atoms with Crippen molar-refractivity contribution in [3.63, 3.8) is 0 Å². The second-order valence-electron chi connectivity index (χ2n) is 21.4. The van der Waals surface area contributed by atoms with Crippen LogP contribution in [0.1, 0.15) is 39.8 Å². The zero-order valence-corrected chi connectivity index (χ0v) is 47.3. The Morgan fingerprint density at radius 2 is 1.06 bits per heavy atom. The molecule has 8 amide bonds. The Balaban J connectivity index is 0.000000185. The highest BCUT2D eigenvalue weighted by atomic mass is 35.5. The van der Waals surface area contributed by atoms with Crippen LogP contribution >= 0.6 is 11.6 Å². The topological polar surface area (TPSA) is 193 Å². The Labute approximate surface area is 487 Å². The number of phenols is 2. The first-order chi connectivity index (χ1) is 40.1. The van der Waals surface area contributed by atoms with E-state index in [1.54, 1.807) is 96.2 Å². The molecular weight excluding hydrogens is 1070 g/mol. The minimum absolute atomic E-state index is 0.0479. The Morgan fingerprint density at radius 3 is 1.65 bits per heavy atom. The van der Waals surface area contributed by atoms with Crippen LogP contribution < -0.4 is 15.5 Å². The van der Waals surface area contributed by atoms with Crippen LogP contribution in [0.3, 0.4) is 0 Å². The third-order valence-electron chi connectivity index (χ3n) is 15.7. The zero-order valence-electron chi connectivity index (χ0n) is 46.6. The Kier molecular flexibility index (Phi) is 17.4. The van der Waals surface area contributed by atoms with E-state index in [4.69, 9.17) is 11.6 Å². The molecule has 19 heteroatoms. The van der Waals surface area contributed by atoms with E-state index >= 15 is 0 Å². The first-order valence-electron chi connectivity index (χ1n) is 27.7. The molecule has 0 saturated carbocycles. The summed E-state index contributed by atoms with van der Waals surface area (Å²) in [6.45, 7) is 1.88. The molecule has 7 aromatic rings. The van der Waals surface area contributed by atoms with E-state index < -0.39 is 24.4 Å². The molecule has 4 atom stereocenters. The van der Waals surface area contributed by atoms with Gasteiger partial charge in [-0.2, -0.15) is 0 Å². The summed E-state index contributed by atoms with van der Waals surface area (Å²) in [5.41, 5.74) is 6.21. The summed E-state index contributed by atoms with van der Waals surface area (Å²) in [7, 11) is 5.49. The average Bonchev–Trinajstić information content (AvgIpc) is 3.34. The van der Waals surface area contributed by atoms with Crippen molar-refractivity contribution in [2.75, 3.05) is 52.2 Å². The third kappa shape index (κ3) is 12.8. The summed E-state index contributed by atoms with van der Waals surface area (Å²) in [6, 6.07) is 50.0. The summed E-state index contributed by atoms with van der Waals surface area (Å²) < 4.78 is 0. The summed E-state index contributed by atoms with van der Waals surface area (Å²) in [5.74, 6) is -0.488. The number of fused-ring (bicyclic) bond motifs is 3. The number of likely N-dealkylation sites (N-methyl/N-ethyl adjacent to an activating group) is 1. The maximum absolute atomic E-state index is 14.1. The highest BCUT2D eigenvalue weighted by Crippen LogP contribution is 2.35. The summed E-state index contributed by atoms with van der Waals surface area (Å²) in [6.07, 6.45) is -0.655. The number of hydrogen-bond donors (Lipinski definition) is 4. The lowest BCUT2D eigenvalue weighted by atomic mass is 9.96. The number of carbonyl (C=O) groups is 6. The van der Waals surface area contributed by atoms with E-state index in [9.17, 15) is 39.0 Å². The fourth-order valence-corrected chi connectivity index (χ4v) is 12.0. The number of aromatic hydroxyl groups is 2. The predicted octanol–water partition coefficient (Wildman–Crippen LogP) is 7.56. The molecule has 0 bridgehead atoms. The second-order valence-corrected chi connectivity index (χ2v) is 21.9. The van der Waals surface area contributed by atoms with Crippen molar-refractivity contribution < 1.29 is 39.0 Å². The molecule has 83 heavy (non-hydrogen) atoms. The quantitative estimate of drug-likeness (QED) is 0.0896. The third-order valence-corrected chi connectivity index (χ3v) is 16.0. The normalized spacial score (nSPS) is 19.0. The van der Waals surface area contributed by atoms with Gasteiger partial charge in [-0.05, 0) is 74.5 Å². The number of nitrogens with one attached hydrogen (secondary N) is 2.